The molecule has 0 radical (unpaired) electrons. The highest BCUT2D eigenvalue weighted by Crippen LogP contribution is 2.23. The van der Waals surface area contributed by atoms with Crippen molar-refractivity contribution in [3.63, 3.8) is 0 Å². The average molecular weight is 188 g/mol. The van der Waals surface area contributed by atoms with Crippen LogP contribution in [-0.4, -0.2) is 23.9 Å². The van der Waals surface area contributed by atoms with Crippen LogP contribution in [0, 0.1) is 0 Å². The topological polar surface area (TPSA) is 20.3 Å². The SMILES string of the molecule is C=C(Cl)C(=O)N(C)C1CCCC1. The molecule has 0 unspecified atom stereocenters. The predicted molar refractivity (Wildman–Crippen MR) is 50.0 cm³/mol. The Kier molecular flexibility index (Phi) is 3.15. The molecule has 12 heavy (non-hydrogen) atoms. The predicted octanol–water partition coefficient (Wildman–Crippen LogP) is 2.14. The number of halogens is 1. The molecule has 1 rings (SSSR count). The summed E-state index contributed by atoms with van der Waals surface area (Å²) < 4.78 is 0. The van der Waals surface area contributed by atoms with Gasteiger partial charge in [0.15, 0.2) is 0 Å². The highest BCUT2D eigenvalue weighted by atomic mass is 35.5. The van der Waals surface area contributed by atoms with Crippen molar-refractivity contribution in [2.45, 2.75) is 31.7 Å². The second-order valence-corrected chi connectivity index (χ2v) is 3.72. The molecular formula is C9H14ClNO. The lowest BCUT2D eigenvalue weighted by molar-refractivity contribution is -0.127. The van der Waals surface area contributed by atoms with Gasteiger partial charge in [0.1, 0.15) is 0 Å². The van der Waals surface area contributed by atoms with Crippen LogP contribution in [0.4, 0.5) is 0 Å². The molecular weight excluding hydrogens is 174 g/mol. The van der Waals surface area contributed by atoms with E-state index in [-0.39, 0.29) is 10.9 Å². The summed E-state index contributed by atoms with van der Waals surface area (Å²) in [5, 5.41) is 0.115. The molecule has 0 saturated heterocycles. The molecule has 2 nitrogen and oxygen atoms in total. The Morgan fingerprint density at radius 1 is 1.50 bits per heavy atom. The molecule has 0 aromatic heterocycles. The molecule has 0 bridgehead atoms. The van der Waals surface area contributed by atoms with E-state index in [0.717, 1.165) is 12.8 Å². The number of rotatable bonds is 2. The highest BCUT2D eigenvalue weighted by molar-refractivity contribution is 6.41. The van der Waals surface area contributed by atoms with Crippen LogP contribution >= 0.6 is 11.6 Å². The van der Waals surface area contributed by atoms with E-state index in [1.807, 2.05) is 0 Å². The zero-order valence-corrected chi connectivity index (χ0v) is 8.10. The normalized spacial score (nSPS) is 17.8. The van der Waals surface area contributed by atoms with Crippen LogP contribution in [0.25, 0.3) is 0 Å². The molecule has 0 N–H and O–H groups in total. The van der Waals surface area contributed by atoms with Gasteiger partial charge >= 0.3 is 0 Å². The lowest BCUT2D eigenvalue weighted by Gasteiger charge is -2.23. The number of hydrogen-bond acceptors (Lipinski definition) is 1. The van der Waals surface area contributed by atoms with Crippen molar-refractivity contribution in [2.75, 3.05) is 7.05 Å². The van der Waals surface area contributed by atoms with Crippen molar-refractivity contribution in [2.24, 2.45) is 0 Å². The van der Waals surface area contributed by atoms with E-state index >= 15 is 0 Å². The zero-order valence-electron chi connectivity index (χ0n) is 7.35. The molecule has 1 aliphatic carbocycles. The fourth-order valence-electron chi connectivity index (χ4n) is 1.65. The number of likely N-dealkylation sites (N-methyl/N-ethyl adjacent to an activating group) is 1. The Morgan fingerprint density at radius 2 is 2.00 bits per heavy atom. The van der Waals surface area contributed by atoms with Gasteiger partial charge in [0.2, 0.25) is 0 Å². The Morgan fingerprint density at radius 3 is 2.42 bits per heavy atom. The Bertz CT molecular complexity index is 197. The Labute approximate surface area is 78.2 Å². The van der Waals surface area contributed by atoms with Crippen molar-refractivity contribution in [1.29, 1.82) is 0 Å². The third-order valence-corrected chi connectivity index (χ3v) is 2.59. The Hall–Kier alpha value is -0.500. The van der Waals surface area contributed by atoms with E-state index in [1.165, 1.54) is 12.8 Å². The lowest BCUT2D eigenvalue weighted by atomic mass is 10.2. The first-order valence-electron chi connectivity index (χ1n) is 4.24. The lowest BCUT2D eigenvalue weighted by Crippen LogP contribution is -2.35. The van der Waals surface area contributed by atoms with E-state index in [0.29, 0.717) is 6.04 Å². The number of carbonyl (C=O) groups is 1. The maximum atomic E-state index is 11.3. The average Bonchev–Trinajstić information content (AvgIpc) is 2.53. The van der Waals surface area contributed by atoms with Crippen molar-refractivity contribution in [3.8, 4) is 0 Å². The summed E-state index contributed by atoms with van der Waals surface area (Å²) in [7, 11) is 1.80. The summed E-state index contributed by atoms with van der Waals surface area (Å²) in [5.74, 6) is -0.136. The van der Waals surface area contributed by atoms with Gasteiger partial charge in [0.25, 0.3) is 5.91 Å². The van der Waals surface area contributed by atoms with Gasteiger partial charge in [0.05, 0.1) is 5.03 Å². The summed E-state index contributed by atoms with van der Waals surface area (Å²) in [6, 6.07) is 0.382. The maximum Gasteiger partial charge on any atom is 0.264 e. The summed E-state index contributed by atoms with van der Waals surface area (Å²) in [5.41, 5.74) is 0. The Balaban J connectivity index is 2.51. The van der Waals surface area contributed by atoms with E-state index in [4.69, 9.17) is 11.6 Å². The number of hydrogen-bond donors (Lipinski definition) is 0. The van der Waals surface area contributed by atoms with Crippen LogP contribution in [0.2, 0.25) is 0 Å². The standard InChI is InChI=1S/C9H14ClNO/c1-7(10)9(12)11(2)8-5-3-4-6-8/h8H,1,3-6H2,2H3. The van der Waals surface area contributed by atoms with Gasteiger partial charge in [-0.25, -0.2) is 0 Å². The molecule has 68 valence electrons. The second kappa shape index (κ2) is 3.94. The second-order valence-electron chi connectivity index (χ2n) is 3.26. The largest absolute Gasteiger partial charge is 0.338 e. The molecule has 1 fully saturated rings. The molecule has 0 aliphatic heterocycles. The van der Waals surface area contributed by atoms with Crippen LogP contribution in [0.5, 0.6) is 0 Å². The van der Waals surface area contributed by atoms with Crippen LogP contribution in [0.1, 0.15) is 25.7 Å². The minimum atomic E-state index is -0.136. The first-order valence-corrected chi connectivity index (χ1v) is 4.62. The first-order chi connectivity index (χ1) is 5.63. The highest BCUT2D eigenvalue weighted by Gasteiger charge is 2.23. The van der Waals surface area contributed by atoms with E-state index in [9.17, 15) is 4.79 Å². The molecule has 0 atom stereocenters. The fraction of sp³-hybridized carbons (Fsp3) is 0.667. The van der Waals surface area contributed by atoms with E-state index < -0.39 is 0 Å². The molecule has 1 aliphatic rings. The van der Waals surface area contributed by atoms with Crippen molar-refractivity contribution >= 4 is 17.5 Å². The summed E-state index contributed by atoms with van der Waals surface area (Å²) in [6.07, 6.45) is 4.65. The smallest absolute Gasteiger partial charge is 0.264 e. The number of nitrogens with zero attached hydrogens (tertiary/aromatic N) is 1. The van der Waals surface area contributed by atoms with Gasteiger partial charge in [0, 0.05) is 13.1 Å². The minimum absolute atomic E-state index is 0.115. The van der Waals surface area contributed by atoms with Gasteiger partial charge in [-0.05, 0) is 12.8 Å². The van der Waals surface area contributed by atoms with Crippen LogP contribution < -0.4 is 0 Å². The van der Waals surface area contributed by atoms with Crippen LogP contribution in [-0.2, 0) is 4.79 Å². The minimum Gasteiger partial charge on any atom is -0.338 e. The molecule has 1 saturated carbocycles. The summed E-state index contributed by atoms with van der Waals surface area (Å²) in [4.78, 5) is 13.0. The third-order valence-electron chi connectivity index (χ3n) is 2.42. The van der Waals surface area contributed by atoms with Crippen molar-refractivity contribution in [1.82, 2.24) is 4.90 Å². The molecule has 3 heteroatoms. The molecule has 0 spiro atoms. The molecule has 1 amide bonds. The molecule has 0 heterocycles. The molecule has 0 aromatic rings. The van der Waals surface area contributed by atoms with Gasteiger partial charge in [-0.2, -0.15) is 0 Å². The van der Waals surface area contributed by atoms with Gasteiger partial charge in [-0.15, -0.1) is 0 Å². The summed E-state index contributed by atoms with van der Waals surface area (Å²) >= 11 is 5.52. The van der Waals surface area contributed by atoms with Crippen molar-refractivity contribution < 1.29 is 4.79 Å². The molecule has 0 aromatic carbocycles. The third kappa shape index (κ3) is 2.01. The quantitative estimate of drug-likeness (QED) is 0.607. The van der Waals surface area contributed by atoms with Crippen LogP contribution in [0.15, 0.2) is 11.6 Å². The van der Waals surface area contributed by atoms with Crippen LogP contribution in [0.3, 0.4) is 0 Å². The summed E-state index contributed by atoms with van der Waals surface area (Å²) in [6.45, 7) is 3.42. The van der Waals surface area contributed by atoms with E-state index in [2.05, 4.69) is 6.58 Å². The fourth-order valence-corrected chi connectivity index (χ4v) is 1.78. The monoisotopic (exact) mass is 187 g/mol. The van der Waals surface area contributed by atoms with E-state index in [1.54, 1.807) is 11.9 Å². The number of carbonyl (C=O) groups excluding carboxylic acids is 1. The number of amides is 1. The van der Waals surface area contributed by atoms with Gasteiger partial charge < -0.3 is 4.90 Å². The van der Waals surface area contributed by atoms with Gasteiger partial charge in [-0.1, -0.05) is 31.0 Å². The zero-order chi connectivity index (χ0) is 9.14. The van der Waals surface area contributed by atoms with Crippen molar-refractivity contribution in [3.05, 3.63) is 11.6 Å². The maximum absolute atomic E-state index is 11.3. The first kappa shape index (κ1) is 9.59. The van der Waals surface area contributed by atoms with Gasteiger partial charge in [-0.3, -0.25) is 4.79 Å².